The fourth-order valence-electron chi connectivity index (χ4n) is 1.16. The molecule has 0 atom stereocenters. The molecule has 1 aromatic carbocycles. The summed E-state index contributed by atoms with van der Waals surface area (Å²) in [7, 11) is 0. The van der Waals surface area contributed by atoms with Crippen molar-refractivity contribution in [3.8, 4) is 0 Å². The molecule has 72 valence electrons. The number of isothiocyanates is 1. The lowest BCUT2D eigenvalue weighted by Gasteiger charge is -2.19. The van der Waals surface area contributed by atoms with Crippen molar-refractivity contribution < 1.29 is 4.79 Å². The van der Waals surface area contributed by atoms with Crippen molar-refractivity contribution in [2.45, 2.75) is 19.3 Å². The molecule has 0 aliphatic carbocycles. The molecular weight excluding hydrogens is 194 g/mol. The first-order valence-corrected chi connectivity index (χ1v) is 4.67. The summed E-state index contributed by atoms with van der Waals surface area (Å²) in [5, 5.41) is 2.10. The third-order valence-corrected chi connectivity index (χ3v) is 2.27. The number of hydrogen-bond acceptors (Lipinski definition) is 2. The smallest absolute Gasteiger partial charge is 0.264 e. The van der Waals surface area contributed by atoms with Crippen molar-refractivity contribution in [2.75, 3.05) is 0 Å². The first-order chi connectivity index (χ1) is 6.59. The Balaban J connectivity index is 3.08. The number of aliphatic imine (C=N–C) groups is 1. The first-order valence-electron chi connectivity index (χ1n) is 4.27. The third kappa shape index (κ3) is 2.13. The highest BCUT2D eigenvalue weighted by atomic mass is 32.1. The van der Waals surface area contributed by atoms with Crippen LogP contribution in [0.4, 0.5) is 0 Å². The summed E-state index contributed by atoms with van der Waals surface area (Å²) in [6.07, 6.45) is 0. The predicted molar refractivity (Wildman–Crippen MR) is 59.5 cm³/mol. The normalized spacial score (nSPS) is 10.4. The van der Waals surface area contributed by atoms with E-state index in [4.69, 9.17) is 0 Å². The van der Waals surface area contributed by atoms with Gasteiger partial charge in [-0.2, -0.15) is 4.99 Å². The van der Waals surface area contributed by atoms with Gasteiger partial charge in [0, 0.05) is 0 Å². The second-order valence-electron chi connectivity index (χ2n) is 3.50. The maximum Gasteiger partial charge on any atom is 0.264 e. The van der Waals surface area contributed by atoms with Gasteiger partial charge in [0.05, 0.1) is 10.6 Å². The van der Waals surface area contributed by atoms with E-state index in [0.29, 0.717) is 0 Å². The van der Waals surface area contributed by atoms with Gasteiger partial charge in [-0.25, -0.2) is 0 Å². The molecule has 1 aromatic rings. The van der Waals surface area contributed by atoms with E-state index in [1.54, 1.807) is 0 Å². The van der Waals surface area contributed by atoms with Gasteiger partial charge in [0.15, 0.2) is 0 Å². The number of carbonyl (C=O) groups excluding carboxylic acids is 1. The number of carbonyl (C=O) groups is 1. The molecule has 0 saturated carbocycles. The number of hydrogen-bond donors (Lipinski definition) is 0. The van der Waals surface area contributed by atoms with Gasteiger partial charge in [0.2, 0.25) is 0 Å². The Labute approximate surface area is 88.7 Å². The Bertz CT molecular complexity index is 378. The summed E-state index contributed by atoms with van der Waals surface area (Å²) in [6.45, 7) is 3.64. The van der Waals surface area contributed by atoms with Gasteiger partial charge in [0.1, 0.15) is 0 Å². The van der Waals surface area contributed by atoms with Crippen molar-refractivity contribution in [1.82, 2.24) is 0 Å². The largest absolute Gasteiger partial charge is 0.271 e. The summed E-state index contributed by atoms with van der Waals surface area (Å²) in [6, 6.07) is 9.50. The van der Waals surface area contributed by atoms with Crippen LogP contribution >= 0.6 is 12.2 Å². The van der Waals surface area contributed by atoms with E-state index in [-0.39, 0.29) is 5.91 Å². The van der Waals surface area contributed by atoms with Crippen molar-refractivity contribution in [1.29, 1.82) is 0 Å². The number of thiocarbonyl (C=S) groups is 1. The zero-order chi connectivity index (χ0) is 10.6. The summed E-state index contributed by atoms with van der Waals surface area (Å²) < 4.78 is 0. The van der Waals surface area contributed by atoms with Crippen LogP contribution in [0.15, 0.2) is 35.3 Å². The SMILES string of the molecule is CC(C)(C(=O)N=C=S)c1ccccc1. The Morgan fingerprint density at radius 1 is 1.36 bits per heavy atom. The van der Waals surface area contributed by atoms with Crippen molar-refractivity contribution in [3.63, 3.8) is 0 Å². The molecule has 0 bridgehead atoms. The standard InChI is InChI=1S/C11H11NOS/c1-11(2,10(13)12-8-14)9-6-4-3-5-7-9/h3-7H,1-2H3. The Kier molecular flexibility index (Phi) is 3.28. The van der Waals surface area contributed by atoms with E-state index in [2.05, 4.69) is 22.4 Å². The van der Waals surface area contributed by atoms with Crippen LogP contribution < -0.4 is 0 Å². The van der Waals surface area contributed by atoms with Gasteiger partial charge in [-0.3, -0.25) is 4.79 Å². The monoisotopic (exact) mass is 205 g/mol. The van der Waals surface area contributed by atoms with Gasteiger partial charge < -0.3 is 0 Å². The van der Waals surface area contributed by atoms with Crippen molar-refractivity contribution in [3.05, 3.63) is 35.9 Å². The molecule has 2 nitrogen and oxygen atoms in total. The average molecular weight is 205 g/mol. The fraction of sp³-hybridized carbons (Fsp3) is 0.273. The lowest BCUT2D eigenvalue weighted by Crippen LogP contribution is -2.27. The molecule has 0 fully saturated rings. The lowest BCUT2D eigenvalue weighted by molar-refractivity contribution is -0.122. The molecule has 0 aliphatic heterocycles. The van der Waals surface area contributed by atoms with Crippen LogP contribution in [0.25, 0.3) is 0 Å². The molecule has 3 heteroatoms. The van der Waals surface area contributed by atoms with Gasteiger partial charge in [0.25, 0.3) is 5.91 Å². The van der Waals surface area contributed by atoms with Gasteiger partial charge >= 0.3 is 0 Å². The zero-order valence-electron chi connectivity index (χ0n) is 8.15. The molecule has 0 radical (unpaired) electrons. The topological polar surface area (TPSA) is 29.4 Å². The van der Waals surface area contributed by atoms with Crippen LogP contribution in [0.2, 0.25) is 0 Å². The van der Waals surface area contributed by atoms with Crippen LogP contribution in [0, 0.1) is 0 Å². The van der Waals surface area contributed by atoms with E-state index < -0.39 is 5.41 Å². The third-order valence-electron chi connectivity index (χ3n) is 2.18. The molecule has 0 spiro atoms. The number of benzene rings is 1. The molecule has 0 heterocycles. The molecule has 0 unspecified atom stereocenters. The molecule has 14 heavy (non-hydrogen) atoms. The molecule has 1 amide bonds. The second-order valence-corrected chi connectivity index (χ2v) is 3.68. The summed E-state index contributed by atoms with van der Waals surface area (Å²) in [5.41, 5.74) is 0.298. The maximum atomic E-state index is 11.6. The fourth-order valence-corrected chi connectivity index (χ4v) is 1.24. The van der Waals surface area contributed by atoms with E-state index in [1.165, 1.54) is 0 Å². The summed E-state index contributed by atoms with van der Waals surface area (Å²) >= 11 is 4.41. The molecular formula is C11H11NOS. The highest BCUT2D eigenvalue weighted by Gasteiger charge is 2.28. The van der Waals surface area contributed by atoms with E-state index in [0.717, 1.165) is 5.56 Å². The highest BCUT2D eigenvalue weighted by Crippen LogP contribution is 2.23. The number of nitrogens with zero attached hydrogens (tertiary/aromatic N) is 1. The maximum absolute atomic E-state index is 11.6. The molecule has 0 saturated heterocycles. The molecule has 0 aromatic heterocycles. The summed E-state index contributed by atoms with van der Waals surface area (Å²) in [5.74, 6) is -0.265. The van der Waals surface area contributed by atoms with E-state index in [1.807, 2.05) is 44.2 Å². The van der Waals surface area contributed by atoms with Gasteiger partial charge in [-0.15, -0.1) is 0 Å². The average Bonchev–Trinajstić information content (AvgIpc) is 2.19. The molecule has 0 N–H and O–H groups in total. The van der Waals surface area contributed by atoms with Crippen molar-refractivity contribution >= 4 is 23.3 Å². The van der Waals surface area contributed by atoms with Crippen LogP contribution in [0.3, 0.4) is 0 Å². The Hall–Kier alpha value is -1.31. The zero-order valence-corrected chi connectivity index (χ0v) is 8.97. The Morgan fingerprint density at radius 2 is 1.93 bits per heavy atom. The van der Waals surface area contributed by atoms with E-state index >= 15 is 0 Å². The quantitative estimate of drug-likeness (QED) is 0.548. The van der Waals surface area contributed by atoms with Crippen LogP contribution in [0.5, 0.6) is 0 Å². The molecule has 0 aliphatic rings. The van der Waals surface area contributed by atoms with Gasteiger partial charge in [-0.05, 0) is 31.6 Å². The minimum absolute atomic E-state index is 0.265. The van der Waals surface area contributed by atoms with Crippen LogP contribution in [-0.4, -0.2) is 11.1 Å². The number of amides is 1. The second kappa shape index (κ2) is 4.27. The first kappa shape index (κ1) is 10.8. The van der Waals surface area contributed by atoms with Crippen molar-refractivity contribution in [2.24, 2.45) is 4.99 Å². The minimum Gasteiger partial charge on any atom is -0.271 e. The highest BCUT2D eigenvalue weighted by molar-refractivity contribution is 7.78. The van der Waals surface area contributed by atoms with E-state index in [9.17, 15) is 4.79 Å². The molecule has 1 rings (SSSR count). The predicted octanol–water partition coefficient (Wildman–Crippen LogP) is 2.59. The number of rotatable bonds is 2. The Morgan fingerprint density at radius 3 is 2.43 bits per heavy atom. The van der Waals surface area contributed by atoms with Crippen LogP contribution in [-0.2, 0) is 10.2 Å². The minimum atomic E-state index is -0.632. The van der Waals surface area contributed by atoms with Crippen LogP contribution in [0.1, 0.15) is 19.4 Å². The van der Waals surface area contributed by atoms with Gasteiger partial charge in [-0.1, -0.05) is 30.3 Å². The summed E-state index contributed by atoms with van der Waals surface area (Å²) in [4.78, 5) is 15.1. The lowest BCUT2D eigenvalue weighted by atomic mass is 9.84.